The molecule has 0 aliphatic carbocycles. The van der Waals surface area contributed by atoms with Crippen LogP contribution in [0, 0.1) is 0 Å². The Morgan fingerprint density at radius 3 is 2.92 bits per heavy atom. The van der Waals surface area contributed by atoms with Crippen molar-refractivity contribution >= 4 is 28.6 Å². The molecule has 0 aromatic carbocycles. The van der Waals surface area contributed by atoms with Crippen LogP contribution >= 0.6 is 28.6 Å². The Morgan fingerprint density at radius 1 is 1.50 bits per heavy atom. The van der Waals surface area contributed by atoms with Crippen molar-refractivity contribution in [1.82, 2.24) is 10.3 Å². The van der Waals surface area contributed by atoms with E-state index in [9.17, 15) is 0 Å². The lowest BCUT2D eigenvalue weighted by molar-refractivity contribution is 0.730. The highest BCUT2D eigenvalue weighted by molar-refractivity contribution is 9.10. The van der Waals surface area contributed by atoms with Gasteiger partial charge in [-0.25, -0.2) is 4.98 Å². The number of halogens is 1. The van der Waals surface area contributed by atoms with Gasteiger partial charge in [-0.05, 0) is 27.6 Å². The quantitative estimate of drug-likeness (QED) is 0.482. The number of pyridine rings is 1. The molecule has 0 spiro atoms. The van der Waals surface area contributed by atoms with E-state index < -0.39 is 0 Å². The van der Waals surface area contributed by atoms with Gasteiger partial charge >= 0.3 is 0 Å². The zero-order valence-corrected chi connectivity index (χ0v) is 9.11. The maximum atomic E-state index is 4.12. The molecule has 2 nitrogen and oxygen atoms in total. The Balaban J connectivity index is 2.37. The van der Waals surface area contributed by atoms with E-state index in [0.717, 1.165) is 23.4 Å². The first-order valence-electron chi connectivity index (χ1n) is 3.75. The predicted molar refractivity (Wildman–Crippen MR) is 57.5 cm³/mol. The smallest absolute Gasteiger partial charge is 0.106 e. The Kier molecular flexibility index (Phi) is 4.65. The Hall–Kier alpha value is -0.0600. The van der Waals surface area contributed by atoms with E-state index in [0.29, 0.717) is 0 Å². The number of rotatable bonds is 4. The molecule has 0 saturated carbocycles. The second-order valence-electron chi connectivity index (χ2n) is 2.39. The largest absolute Gasteiger partial charge is 0.312 e. The molecule has 1 aromatic heterocycles. The number of nitrogens with one attached hydrogen (secondary N) is 1. The molecule has 0 amide bonds. The second kappa shape index (κ2) is 5.56. The number of aromatic nitrogens is 1. The molecule has 0 unspecified atom stereocenters. The van der Waals surface area contributed by atoms with Gasteiger partial charge in [0, 0.05) is 25.0 Å². The van der Waals surface area contributed by atoms with Crippen molar-refractivity contribution in [2.45, 2.75) is 6.54 Å². The molecule has 1 N–H and O–H groups in total. The van der Waals surface area contributed by atoms with Crippen molar-refractivity contribution in [2.24, 2.45) is 0 Å². The number of thiol groups is 1. The van der Waals surface area contributed by atoms with Gasteiger partial charge in [-0.1, -0.05) is 6.07 Å². The topological polar surface area (TPSA) is 24.9 Å². The summed E-state index contributed by atoms with van der Waals surface area (Å²) < 4.78 is 0.875. The predicted octanol–water partition coefficient (Wildman–Crippen LogP) is 1.86. The van der Waals surface area contributed by atoms with Gasteiger partial charge in [0.15, 0.2) is 0 Å². The maximum absolute atomic E-state index is 4.12. The van der Waals surface area contributed by atoms with Crippen LogP contribution in [0.3, 0.4) is 0 Å². The van der Waals surface area contributed by atoms with Crippen molar-refractivity contribution in [3.05, 3.63) is 28.5 Å². The zero-order chi connectivity index (χ0) is 8.81. The molecule has 0 radical (unpaired) electrons. The van der Waals surface area contributed by atoms with Crippen molar-refractivity contribution in [1.29, 1.82) is 0 Å². The van der Waals surface area contributed by atoms with Crippen molar-refractivity contribution in [3.63, 3.8) is 0 Å². The summed E-state index contributed by atoms with van der Waals surface area (Å²) >= 11 is 7.38. The van der Waals surface area contributed by atoms with E-state index in [1.807, 2.05) is 18.3 Å². The monoisotopic (exact) mass is 246 g/mol. The first-order chi connectivity index (χ1) is 5.83. The van der Waals surface area contributed by atoms with E-state index in [1.165, 1.54) is 5.56 Å². The summed E-state index contributed by atoms with van der Waals surface area (Å²) in [5.74, 6) is 0.865. The highest BCUT2D eigenvalue weighted by atomic mass is 79.9. The Labute approximate surface area is 86.3 Å². The van der Waals surface area contributed by atoms with Crippen LogP contribution in [0.4, 0.5) is 0 Å². The average Bonchev–Trinajstić information content (AvgIpc) is 2.09. The van der Waals surface area contributed by atoms with Crippen LogP contribution in [0.15, 0.2) is 22.9 Å². The minimum atomic E-state index is 0.862. The highest BCUT2D eigenvalue weighted by Gasteiger charge is 1.91. The van der Waals surface area contributed by atoms with Gasteiger partial charge in [-0.2, -0.15) is 12.6 Å². The molecule has 0 aliphatic heterocycles. The summed E-state index contributed by atoms with van der Waals surface area (Å²) in [6, 6.07) is 3.99. The fraction of sp³-hybridized carbons (Fsp3) is 0.375. The summed E-state index contributed by atoms with van der Waals surface area (Å²) in [5, 5.41) is 3.24. The molecule has 0 saturated heterocycles. The van der Waals surface area contributed by atoms with E-state index in [1.54, 1.807) is 0 Å². The highest BCUT2D eigenvalue weighted by Crippen LogP contribution is 2.05. The fourth-order valence-corrected chi connectivity index (χ4v) is 1.22. The lowest BCUT2D eigenvalue weighted by Crippen LogP contribution is -2.15. The molecule has 0 fully saturated rings. The third-order valence-electron chi connectivity index (χ3n) is 1.41. The first-order valence-corrected chi connectivity index (χ1v) is 5.17. The SMILES string of the molecule is SCCNCc1ccc(Br)nc1. The third kappa shape index (κ3) is 3.56. The molecule has 1 rings (SSSR count). The molecule has 0 bridgehead atoms. The molecular formula is C8H11BrN2S. The van der Waals surface area contributed by atoms with E-state index >= 15 is 0 Å². The van der Waals surface area contributed by atoms with Crippen LogP contribution in [0.1, 0.15) is 5.56 Å². The van der Waals surface area contributed by atoms with Gasteiger partial charge in [0.1, 0.15) is 4.60 Å². The van der Waals surface area contributed by atoms with Crippen molar-refractivity contribution < 1.29 is 0 Å². The molecule has 66 valence electrons. The van der Waals surface area contributed by atoms with Crippen LogP contribution in [-0.4, -0.2) is 17.3 Å². The fourth-order valence-electron chi connectivity index (χ4n) is 0.823. The van der Waals surface area contributed by atoms with Crippen LogP contribution in [0.2, 0.25) is 0 Å². The van der Waals surface area contributed by atoms with Crippen LogP contribution in [-0.2, 0) is 6.54 Å². The first kappa shape index (κ1) is 10.0. The summed E-state index contributed by atoms with van der Waals surface area (Å²) in [6.07, 6.45) is 1.86. The van der Waals surface area contributed by atoms with E-state index in [2.05, 4.69) is 38.9 Å². The average molecular weight is 247 g/mol. The Morgan fingerprint density at radius 2 is 2.33 bits per heavy atom. The minimum Gasteiger partial charge on any atom is -0.312 e. The molecular weight excluding hydrogens is 236 g/mol. The second-order valence-corrected chi connectivity index (χ2v) is 3.65. The number of hydrogen-bond acceptors (Lipinski definition) is 3. The maximum Gasteiger partial charge on any atom is 0.106 e. The summed E-state index contributed by atoms with van der Waals surface area (Å²) in [6.45, 7) is 1.79. The van der Waals surface area contributed by atoms with Gasteiger partial charge in [-0.3, -0.25) is 0 Å². The van der Waals surface area contributed by atoms with Crippen LogP contribution < -0.4 is 5.32 Å². The van der Waals surface area contributed by atoms with Gasteiger partial charge in [-0.15, -0.1) is 0 Å². The lowest BCUT2D eigenvalue weighted by Gasteiger charge is -2.01. The van der Waals surface area contributed by atoms with Gasteiger partial charge in [0.2, 0.25) is 0 Å². The van der Waals surface area contributed by atoms with Gasteiger partial charge in [0.05, 0.1) is 0 Å². The summed E-state index contributed by atoms with van der Waals surface area (Å²) in [5.41, 5.74) is 1.19. The minimum absolute atomic E-state index is 0.862. The van der Waals surface area contributed by atoms with Crippen LogP contribution in [0.5, 0.6) is 0 Å². The molecule has 4 heteroatoms. The van der Waals surface area contributed by atoms with Crippen molar-refractivity contribution in [2.75, 3.05) is 12.3 Å². The molecule has 1 heterocycles. The van der Waals surface area contributed by atoms with E-state index in [-0.39, 0.29) is 0 Å². The molecule has 0 aliphatic rings. The molecule has 12 heavy (non-hydrogen) atoms. The van der Waals surface area contributed by atoms with Gasteiger partial charge < -0.3 is 5.32 Å². The third-order valence-corrected chi connectivity index (χ3v) is 2.10. The van der Waals surface area contributed by atoms with Crippen molar-refractivity contribution in [3.8, 4) is 0 Å². The lowest BCUT2D eigenvalue weighted by atomic mass is 10.3. The number of hydrogen-bond donors (Lipinski definition) is 2. The summed E-state index contributed by atoms with van der Waals surface area (Å²) in [7, 11) is 0. The number of nitrogens with zero attached hydrogens (tertiary/aromatic N) is 1. The Bertz CT molecular complexity index is 225. The standard InChI is InChI=1S/C8H11BrN2S/c9-8-2-1-7(6-11-8)5-10-3-4-12/h1-2,6,10,12H,3-5H2. The zero-order valence-electron chi connectivity index (χ0n) is 6.63. The normalized spacial score (nSPS) is 10.2. The van der Waals surface area contributed by atoms with Gasteiger partial charge in [0.25, 0.3) is 0 Å². The van der Waals surface area contributed by atoms with Crippen LogP contribution in [0.25, 0.3) is 0 Å². The molecule has 1 aromatic rings. The molecule has 0 atom stereocenters. The van der Waals surface area contributed by atoms with E-state index in [4.69, 9.17) is 0 Å². The summed E-state index contributed by atoms with van der Waals surface area (Å²) in [4.78, 5) is 4.12.